The number of nitrogens with one attached hydrogen (secondary N) is 1. The number of para-hydroxylation sites is 1. The highest BCUT2D eigenvalue weighted by atomic mass is 16.5. The number of aromatic nitrogens is 2. The van der Waals surface area contributed by atoms with E-state index in [0.29, 0.717) is 30.3 Å². The zero-order valence-corrected chi connectivity index (χ0v) is 20.3. The number of hydrogen-bond acceptors (Lipinski definition) is 6. The fourth-order valence-electron chi connectivity index (χ4n) is 4.52. The number of methoxy groups -OCH3 is 2. The molecular weight excluding hydrogens is 456 g/mol. The number of anilines is 1. The Morgan fingerprint density at radius 1 is 0.889 bits per heavy atom. The van der Waals surface area contributed by atoms with Crippen LogP contribution in [0.2, 0.25) is 0 Å². The second-order valence-electron chi connectivity index (χ2n) is 8.61. The topological polar surface area (TPSA) is 85.8 Å². The molecule has 184 valence electrons. The van der Waals surface area contributed by atoms with Crippen molar-refractivity contribution in [1.82, 2.24) is 14.9 Å². The van der Waals surface area contributed by atoms with Crippen LogP contribution in [0.3, 0.4) is 0 Å². The number of hydrogen-bond donors (Lipinski definition) is 1. The largest absolute Gasteiger partial charge is 0.493 e. The van der Waals surface area contributed by atoms with E-state index < -0.39 is 0 Å². The number of amides is 2. The molecule has 3 aromatic carbocycles. The first-order chi connectivity index (χ1) is 17.6. The molecule has 0 saturated carbocycles. The van der Waals surface area contributed by atoms with Crippen molar-refractivity contribution in [2.45, 2.75) is 18.8 Å². The first kappa shape index (κ1) is 23.4. The van der Waals surface area contributed by atoms with E-state index in [2.05, 4.69) is 15.3 Å². The van der Waals surface area contributed by atoms with E-state index in [0.717, 1.165) is 40.9 Å². The number of piperidine rings is 1. The van der Waals surface area contributed by atoms with Gasteiger partial charge in [0.05, 0.1) is 25.4 Å². The van der Waals surface area contributed by atoms with Crippen molar-refractivity contribution in [1.29, 1.82) is 0 Å². The molecule has 0 spiro atoms. The molecule has 2 heterocycles. The van der Waals surface area contributed by atoms with Gasteiger partial charge in [-0.05, 0) is 55.3 Å². The molecule has 1 aliphatic rings. The average Bonchev–Trinajstić information content (AvgIpc) is 2.93. The molecular formula is C28H28N4O4. The SMILES string of the molecule is COc1cc2ncnc(C3CCN(C(=O)Nc4ccc(Oc5ccccc5)cc4)CC3)c2cc1OC. The Hall–Kier alpha value is -4.33. The average molecular weight is 485 g/mol. The van der Waals surface area contributed by atoms with Crippen LogP contribution >= 0.6 is 0 Å². The van der Waals surface area contributed by atoms with Crippen molar-refractivity contribution < 1.29 is 19.0 Å². The Labute approximate surface area is 209 Å². The van der Waals surface area contributed by atoms with Crippen LogP contribution in [0.15, 0.2) is 73.1 Å². The number of rotatable bonds is 6. The van der Waals surface area contributed by atoms with E-state index in [4.69, 9.17) is 14.2 Å². The first-order valence-corrected chi connectivity index (χ1v) is 11.9. The van der Waals surface area contributed by atoms with Crippen molar-refractivity contribution in [3.8, 4) is 23.0 Å². The highest BCUT2D eigenvalue weighted by molar-refractivity contribution is 5.89. The summed E-state index contributed by atoms with van der Waals surface area (Å²) in [4.78, 5) is 23.7. The second kappa shape index (κ2) is 10.5. The first-order valence-electron chi connectivity index (χ1n) is 11.9. The standard InChI is InChI=1S/C28H28N4O4/c1-34-25-16-23-24(17-26(25)35-2)29-18-30-27(23)19-12-14-32(15-13-19)28(33)31-20-8-10-22(11-9-20)36-21-6-4-3-5-7-21/h3-11,16-19H,12-15H2,1-2H3,(H,31,33). The molecule has 1 N–H and O–H groups in total. The molecule has 8 nitrogen and oxygen atoms in total. The zero-order valence-electron chi connectivity index (χ0n) is 20.3. The lowest BCUT2D eigenvalue weighted by Crippen LogP contribution is -2.40. The van der Waals surface area contributed by atoms with Gasteiger partial charge in [0.2, 0.25) is 0 Å². The predicted molar refractivity (Wildman–Crippen MR) is 138 cm³/mol. The Bertz CT molecular complexity index is 1340. The number of nitrogens with zero attached hydrogens (tertiary/aromatic N) is 3. The lowest BCUT2D eigenvalue weighted by molar-refractivity contribution is 0.194. The van der Waals surface area contributed by atoms with Crippen molar-refractivity contribution in [2.24, 2.45) is 0 Å². The van der Waals surface area contributed by atoms with Gasteiger partial charge in [-0.3, -0.25) is 0 Å². The molecule has 0 radical (unpaired) electrons. The van der Waals surface area contributed by atoms with Gasteiger partial charge in [-0.2, -0.15) is 0 Å². The molecule has 0 bridgehead atoms. The minimum Gasteiger partial charge on any atom is -0.493 e. The van der Waals surface area contributed by atoms with Gasteiger partial charge < -0.3 is 24.4 Å². The van der Waals surface area contributed by atoms with Crippen LogP contribution in [0.25, 0.3) is 10.9 Å². The van der Waals surface area contributed by atoms with Gasteiger partial charge >= 0.3 is 6.03 Å². The summed E-state index contributed by atoms with van der Waals surface area (Å²) in [5, 5.41) is 3.94. The lowest BCUT2D eigenvalue weighted by Gasteiger charge is -2.32. The van der Waals surface area contributed by atoms with Crippen molar-refractivity contribution >= 4 is 22.6 Å². The fourth-order valence-corrected chi connectivity index (χ4v) is 4.52. The lowest BCUT2D eigenvalue weighted by atomic mass is 9.91. The zero-order chi connectivity index (χ0) is 24.9. The van der Waals surface area contributed by atoms with Crippen LogP contribution in [0, 0.1) is 0 Å². The van der Waals surface area contributed by atoms with Crippen LogP contribution in [0.4, 0.5) is 10.5 Å². The quantitative estimate of drug-likeness (QED) is 0.369. The number of benzene rings is 3. The minimum atomic E-state index is -0.107. The van der Waals surface area contributed by atoms with Gasteiger partial charge in [0, 0.05) is 36.1 Å². The smallest absolute Gasteiger partial charge is 0.321 e. The number of ether oxygens (including phenoxy) is 3. The molecule has 8 heteroatoms. The summed E-state index contributed by atoms with van der Waals surface area (Å²) in [6, 6.07) is 20.7. The third-order valence-electron chi connectivity index (χ3n) is 6.42. The van der Waals surface area contributed by atoms with E-state index >= 15 is 0 Å². The third-order valence-corrected chi connectivity index (χ3v) is 6.42. The Kier molecular flexibility index (Phi) is 6.84. The molecule has 1 fully saturated rings. The number of fused-ring (bicyclic) bond motifs is 1. The van der Waals surface area contributed by atoms with Gasteiger partial charge in [0.15, 0.2) is 11.5 Å². The molecule has 36 heavy (non-hydrogen) atoms. The summed E-state index contributed by atoms with van der Waals surface area (Å²) in [6.07, 6.45) is 3.23. The maximum absolute atomic E-state index is 12.9. The molecule has 0 aliphatic carbocycles. The van der Waals surface area contributed by atoms with E-state index in [1.54, 1.807) is 20.5 Å². The molecule has 0 atom stereocenters. The van der Waals surface area contributed by atoms with E-state index in [9.17, 15) is 4.79 Å². The van der Waals surface area contributed by atoms with Gasteiger partial charge in [-0.15, -0.1) is 0 Å². The Balaban J connectivity index is 1.21. The number of urea groups is 1. The predicted octanol–water partition coefficient (Wildman–Crippen LogP) is 5.85. The van der Waals surface area contributed by atoms with Gasteiger partial charge in [0.25, 0.3) is 0 Å². The summed E-state index contributed by atoms with van der Waals surface area (Å²) in [5.74, 6) is 3.00. The summed E-state index contributed by atoms with van der Waals surface area (Å²) in [5.41, 5.74) is 2.53. The molecule has 0 unspecified atom stereocenters. The van der Waals surface area contributed by atoms with Crippen molar-refractivity contribution in [3.05, 3.63) is 78.8 Å². The normalized spacial score (nSPS) is 13.9. The maximum atomic E-state index is 12.9. The highest BCUT2D eigenvalue weighted by Gasteiger charge is 2.26. The van der Waals surface area contributed by atoms with E-state index in [-0.39, 0.29) is 11.9 Å². The van der Waals surface area contributed by atoms with Crippen LogP contribution in [-0.2, 0) is 0 Å². The van der Waals surface area contributed by atoms with Crippen LogP contribution in [0.1, 0.15) is 24.5 Å². The van der Waals surface area contributed by atoms with Gasteiger partial charge in [-0.25, -0.2) is 14.8 Å². The number of likely N-dealkylation sites (tertiary alicyclic amines) is 1. The Morgan fingerprint density at radius 3 is 2.25 bits per heavy atom. The van der Waals surface area contributed by atoms with Crippen LogP contribution in [-0.4, -0.2) is 48.2 Å². The summed E-state index contributed by atoms with van der Waals surface area (Å²) in [7, 11) is 3.23. The van der Waals surface area contributed by atoms with Crippen molar-refractivity contribution in [2.75, 3.05) is 32.6 Å². The Morgan fingerprint density at radius 2 is 1.56 bits per heavy atom. The van der Waals surface area contributed by atoms with E-state index in [1.165, 1.54) is 0 Å². The number of carbonyl (C=O) groups is 1. The van der Waals surface area contributed by atoms with Crippen LogP contribution in [0.5, 0.6) is 23.0 Å². The second-order valence-corrected chi connectivity index (χ2v) is 8.61. The maximum Gasteiger partial charge on any atom is 0.321 e. The van der Waals surface area contributed by atoms with Crippen LogP contribution < -0.4 is 19.5 Å². The fraction of sp³-hybridized carbons (Fsp3) is 0.250. The highest BCUT2D eigenvalue weighted by Crippen LogP contribution is 2.36. The summed E-state index contributed by atoms with van der Waals surface area (Å²) >= 11 is 0. The molecule has 5 rings (SSSR count). The third kappa shape index (κ3) is 5.02. The summed E-state index contributed by atoms with van der Waals surface area (Å²) < 4.78 is 16.7. The molecule has 1 saturated heterocycles. The molecule has 1 aromatic heterocycles. The van der Waals surface area contributed by atoms with Crippen molar-refractivity contribution in [3.63, 3.8) is 0 Å². The monoisotopic (exact) mass is 484 g/mol. The van der Waals surface area contributed by atoms with E-state index in [1.807, 2.05) is 71.6 Å². The molecule has 2 amide bonds. The molecule has 4 aromatic rings. The van der Waals surface area contributed by atoms with Gasteiger partial charge in [-0.1, -0.05) is 18.2 Å². The number of carbonyl (C=O) groups excluding carboxylic acids is 1. The molecule has 1 aliphatic heterocycles. The van der Waals surface area contributed by atoms with Gasteiger partial charge in [0.1, 0.15) is 17.8 Å². The summed E-state index contributed by atoms with van der Waals surface area (Å²) in [6.45, 7) is 1.29. The minimum absolute atomic E-state index is 0.107.